The second-order valence-corrected chi connectivity index (χ2v) is 6.45. The van der Waals surface area contributed by atoms with Gasteiger partial charge in [-0.3, -0.25) is 4.79 Å². The van der Waals surface area contributed by atoms with Gasteiger partial charge in [0.15, 0.2) is 17.3 Å². The third-order valence-corrected chi connectivity index (χ3v) is 4.38. The van der Waals surface area contributed by atoms with Crippen LogP contribution in [-0.2, 0) is 0 Å². The maximum Gasteiger partial charge on any atom is 0.276 e. The number of amides is 1. The highest BCUT2D eigenvalue weighted by Gasteiger charge is 2.13. The molecule has 27 heavy (non-hydrogen) atoms. The van der Waals surface area contributed by atoms with Crippen molar-refractivity contribution in [1.29, 1.82) is 0 Å². The second-order valence-electron chi connectivity index (χ2n) is 6.45. The van der Waals surface area contributed by atoms with Gasteiger partial charge >= 0.3 is 0 Å². The Bertz CT molecular complexity index is 914. The number of carbonyl (C=O) groups excluding carboxylic acids is 1. The van der Waals surface area contributed by atoms with Crippen LogP contribution in [0.2, 0.25) is 0 Å². The number of benzene rings is 1. The van der Waals surface area contributed by atoms with E-state index in [1.807, 2.05) is 24.3 Å². The molecular formula is C19H20N6O2. The molecule has 3 aromatic rings. The minimum atomic E-state index is -0.305. The zero-order chi connectivity index (χ0) is 18.6. The van der Waals surface area contributed by atoms with Crippen molar-refractivity contribution in [2.45, 2.75) is 19.8 Å². The first-order chi connectivity index (χ1) is 13.2. The van der Waals surface area contributed by atoms with Crippen LogP contribution in [0.4, 0.5) is 23.0 Å². The lowest BCUT2D eigenvalue weighted by molar-refractivity contribution is 0.102. The summed E-state index contributed by atoms with van der Waals surface area (Å²) in [5.74, 6) is 1.41. The third kappa shape index (κ3) is 4.05. The van der Waals surface area contributed by atoms with Crippen molar-refractivity contribution in [3.05, 3.63) is 53.9 Å². The molecule has 1 fully saturated rings. The predicted octanol–water partition coefficient (Wildman–Crippen LogP) is 3.37. The quantitative estimate of drug-likeness (QED) is 0.716. The monoisotopic (exact) mass is 364 g/mol. The largest absolute Gasteiger partial charge is 0.372 e. The Labute approximate surface area is 156 Å². The predicted molar refractivity (Wildman–Crippen MR) is 102 cm³/mol. The van der Waals surface area contributed by atoms with Gasteiger partial charge in [-0.1, -0.05) is 5.16 Å². The zero-order valence-corrected chi connectivity index (χ0v) is 15.0. The summed E-state index contributed by atoms with van der Waals surface area (Å²) in [5, 5.41) is 17.6. The standard InChI is InChI=1S/C19H20N6O2/c1-13-12-18(24-27-13)21-17-9-8-16(22-23-17)19(26)20-14-4-6-15(7-5-14)25-10-2-3-11-25/h4-9,12H,2-3,10-11H2,1H3,(H,20,26)(H,21,23,24). The highest BCUT2D eigenvalue weighted by Crippen LogP contribution is 2.22. The molecule has 1 aliphatic heterocycles. The summed E-state index contributed by atoms with van der Waals surface area (Å²) in [6.45, 7) is 3.99. The van der Waals surface area contributed by atoms with Crippen LogP contribution in [0.5, 0.6) is 0 Å². The minimum Gasteiger partial charge on any atom is -0.372 e. The summed E-state index contributed by atoms with van der Waals surface area (Å²) in [5.41, 5.74) is 2.15. The Balaban J connectivity index is 1.37. The Morgan fingerprint density at radius 3 is 2.44 bits per heavy atom. The molecule has 0 atom stereocenters. The lowest BCUT2D eigenvalue weighted by atomic mass is 10.2. The number of hydrogen-bond acceptors (Lipinski definition) is 7. The molecule has 1 aliphatic rings. The number of aryl methyl sites for hydroxylation is 1. The molecule has 138 valence electrons. The summed E-state index contributed by atoms with van der Waals surface area (Å²) in [4.78, 5) is 14.7. The topological polar surface area (TPSA) is 96.2 Å². The molecule has 0 bridgehead atoms. The van der Waals surface area contributed by atoms with Crippen LogP contribution in [0.15, 0.2) is 47.0 Å². The van der Waals surface area contributed by atoms with E-state index in [2.05, 4.69) is 30.9 Å². The van der Waals surface area contributed by atoms with E-state index >= 15 is 0 Å². The van der Waals surface area contributed by atoms with Gasteiger partial charge in [0, 0.05) is 30.5 Å². The Morgan fingerprint density at radius 2 is 1.81 bits per heavy atom. The Kier molecular flexibility index (Phi) is 4.69. The van der Waals surface area contributed by atoms with Crippen LogP contribution < -0.4 is 15.5 Å². The van der Waals surface area contributed by atoms with Gasteiger partial charge in [-0.15, -0.1) is 10.2 Å². The summed E-state index contributed by atoms with van der Waals surface area (Å²) >= 11 is 0. The van der Waals surface area contributed by atoms with E-state index in [4.69, 9.17) is 4.52 Å². The van der Waals surface area contributed by atoms with Crippen LogP contribution in [0, 0.1) is 6.92 Å². The molecule has 3 heterocycles. The molecule has 2 aromatic heterocycles. The van der Waals surface area contributed by atoms with Crippen LogP contribution in [0.3, 0.4) is 0 Å². The van der Waals surface area contributed by atoms with Crippen LogP contribution in [0.1, 0.15) is 29.1 Å². The highest BCUT2D eigenvalue weighted by atomic mass is 16.5. The van der Waals surface area contributed by atoms with E-state index in [1.54, 1.807) is 25.1 Å². The number of nitrogens with one attached hydrogen (secondary N) is 2. The molecule has 4 rings (SSSR count). The fourth-order valence-corrected chi connectivity index (χ4v) is 3.00. The Morgan fingerprint density at radius 1 is 1.04 bits per heavy atom. The van der Waals surface area contributed by atoms with Crippen LogP contribution in [-0.4, -0.2) is 34.4 Å². The smallest absolute Gasteiger partial charge is 0.276 e. The summed E-state index contributed by atoms with van der Waals surface area (Å²) in [7, 11) is 0. The SMILES string of the molecule is Cc1cc(Nc2ccc(C(=O)Nc3ccc(N4CCCC4)cc3)nn2)no1. The molecule has 8 heteroatoms. The lowest BCUT2D eigenvalue weighted by Crippen LogP contribution is -2.18. The maximum absolute atomic E-state index is 12.4. The van der Waals surface area contributed by atoms with Gasteiger partial charge in [-0.25, -0.2) is 0 Å². The van der Waals surface area contributed by atoms with Gasteiger partial charge < -0.3 is 20.1 Å². The van der Waals surface area contributed by atoms with Crippen LogP contribution in [0.25, 0.3) is 0 Å². The molecule has 1 amide bonds. The highest BCUT2D eigenvalue weighted by molar-refractivity contribution is 6.02. The van der Waals surface area contributed by atoms with Gasteiger partial charge in [0.05, 0.1) is 0 Å². The molecule has 0 radical (unpaired) electrons. The minimum absolute atomic E-state index is 0.237. The molecule has 0 unspecified atom stereocenters. The van der Waals surface area contributed by atoms with E-state index in [0.29, 0.717) is 17.4 Å². The van der Waals surface area contributed by atoms with Crippen molar-refractivity contribution < 1.29 is 9.32 Å². The van der Waals surface area contributed by atoms with Crippen molar-refractivity contribution in [3.63, 3.8) is 0 Å². The molecular weight excluding hydrogens is 344 g/mol. The van der Waals surface area contributed by atoms with E-state index in [9.17, 15) is 4.79 Å². The molecule has 0 aliphatic carbocycles. The van der Waals surface area contributed by atoms with E-state index in [1.165, 1.54) is 18.5 Å². The van der Waals surface area contributed by atoms with Crippen molar-refractivity contribution in [1.82, 2.24) is 15.4 Å². The number of rotatable bonds is 5. The number of nitrogens with zero attached hydrogens (tertiary/aromatic N) is 4. The van der Waals surface area contributed by atoms with Crippen LogP contribution >= 0.6 is 0 Å². The fourth-order valence-electron chi connectivity index (χ4n) is 3.00. The summed E-state index contributed by atoms with van der Waals surface area (Å²) in [6, 6.07) is 12.9. The average molecular weight is 364 g/mol. The van der Waals surface area contributed by atoms with Gasteiger partial charge in [0.25, 0.3) is 5.91 Å². The van der Waals surface area contributed by atoms with E-state index in [0.717, 1.165) is 18.8 Å². The first-order valence-corrected chi connectivity index (χ1v) is 8.88. The summed E-state index contributed by atoms with van der Waals surface area (Å²) < 4.78 is 4.98. The second kappa shape index (κ2) is 7.45. The van der Waals surface area contributed by atoms with Crippen molar-refractivity contribution in [2.75, 3.05) is 28.6 Å². The summed E-state index contributed by atoms with van der Waals surface area (Å²) in [6.07, 6.45) is 2.47. The van der Waals surface area contributed by atoms with E-state index in [-0.39, 0.29) is 11.6 Å². The van der Waals surface area contributed by atoms with Gasteiger partial charge in [0.1, 0.15) is 5.76 Å². The van der Waals surface area contributed by atoms with Gasteiger partial charge in [-0.2, -0.15) is 0 Å². The molecule has 0 saturated carbocycles. The molecule has 0 spiro atoms. The molecule has 2 N–H and O–H groups in total. The average Bonchev–Trinajstić information content (AvgIpc) is 3.35. The number of anilines is 4. The zero-order valence-electron chi connectivity index (χ0n) is 15.0. The lowest BCUT2D eigenvalue weighted by Gasteiger charge is -2.17. The van der Waals surface area contributed by atoms with Gasteiger partial charge in [0.2, 0.25) is 0 Å². The molecule has 8 nitrogen and oxygen atoms in total. The van der Waals surface area contributed by atoms with Crippen molar-refractivity contribution in [2.24, 2.45) is 0 Å². The number of hydrogen-bond donors (Lipinski definition) is 2. The molecule has 1 aromatic carbocycles. The third-order valence-electron chi connectivity index (χ3n) is 4.38. The molecule has 1 saturated heterocycles. The first kappa shape index (κ1) is 17.0. The normalized spacial score (nSPS) is 13.6. The number of aromatic nitrogens is 3. The van der Waals surface area contributed by atoms with Crippen molar-refractivity contribution in [3.8, 4) is 0 Å². The number of carbonyl (C=O) groups is 1. The fraction of sp³-hybridized carbons (Fsp3) is 0.263. The van der Waals surface area contributed by atoms with Crippen molar-refractivity contribution >= 4 is 28.9 Å². The maximum atomic E-state index is 12.4. The first-order valence-electron chi connectivity index (χ1n) is 8.88. The van der Waals surface area contributed by atoms with Gasteiger partial charge in [-0.05, 0) is 56.2 Å². The Hall–Kier alpha value is -3.42. The van der Waals surface area contributed by atoms with E-state index < -0.39 is 0 Å².